The zero-order chi connectivity index (χ0) is 25.5. The van der Waals surface area contributed by atoms with Gasteiger partial charge in [0.1, 0.15) is 11.5 Å². The van der Waals surface area contributed by atoms with Crippen molar-refractivity contribution in [2.45, 2.75) is 53.6 Å². The van der Waals surface area contributed by atoms with E-state index in [4.69, 9.17) is 4.98 Å². The number of nitrogens with zero attached hydrogens (tertiary/aromatic N) is 2. The Labute approximate surface area is 206 Å². The highest BCUT2D eigenvalue weighted by atomic mass is 35.7. The van der Waals surface area contributed by atoms with Crippen molar-refractivity contribution in [1.29, 1.82) is 0 Å². The van der Waals surface area contributed by atoms with Crippen molar-refractivity contribution in [1.82, 2.24) is 20.2 Å². The third kappa shape index (κ3) is 7.65. The standard InChI is InChI=1S/C22H30N4O2.C2H5ClO2S/c1-22(2,3)16(21(28)23-4)13-18(27)19-17-14-24-11-8-12-26(17)20(25-19)15-9-6-5-7-10-15;1-2-6(3,4)5/h5-7,9-10,16,24H,8,11-14H2,1-4H3,(H,23,28);2H2,1H3/t16-;/m1./s1. The number of ketones is 1. The minimum absolute atomic E-state index is 0.00849. The first-order valence-electron chi connectivity index (χ1n) is 11.4. The summed E-state index contributed by atoms with van der Waals surface area (Å²) in [7, 11) is 3.12. The maximum absolute atomic E-state index is 13.3. The summed E-state index contributed by atoms with van der Waals surface area (Å²) in [6.07, 6.45) is 1.14. The van der Waals surface area contributed by atoms with Gasteiger partial charge in [-0.05, 0) is 18.4 Å². The first-order valence-corrected chi connectivity index (χ1v) is 13.9. The second-order valence-electron chi connectivity index (χ2n) is 9.27. The molecule has 0 unspecified atom stereocenters. The number of nitrogens with one attached hydrogen (secondary N) is 2. The summed E-state index contributed by atoms with van der Waals surface area (Å²) >= 11 is 0. The van der Waals surface area contributed by atoms with Gasteiger partial charge in [-0.15, -0.1) is 0 Å². The van der Waals surface area contributed by atoms with Crippen LogP contribution in [0, 0.1) is 11.3 Å². The number of rotatable bonds is 6. The SMILES string of the molecule is CCS(=O)(=O)Cl.CNC(=O)[C@@H](CC(=O)c1nc(-c2ccccc2)n2c1CNCCC2)C(C)(C)C. The Kier molecular flexibility index (Phi) is 9.84. The van der Waals surface area contributed by atoms with Gasteiger partial charge >= 0.3 is 0 Å². The van der Waals surface area contributed by atoms with Gasteiger partial charge in [0, 0.05) is 42.8 Å². The number of amides is 1. The highest BCUT2D eigenvalue weighted by Crippen LogP contribution is 2.32. The molecule has 0 fully saturated rings. The Hall–Kier alpha value is -2.23. The number of halogens is 1. The van der Waals surface area contributed by atoms with Gasteiger partial charge < -0.3 is 15.2 Å². The fourth-order valence-electron chi connectivity index (χ4n) is 3.75. The Balaban J connectivity index is 0.000000604. The summed E-state index contributed by atoms with van der Waals surface area (Å²) in [5, 5.41) is 6.09. The molecule has 2 aromatic rings. The predicted octanol–water partition coefficient (Wildman–Crippen LogP) is 3.60. The molecular formula is C24H35ClN4O4S. The number of carbonyl (C=O) groups is 2. The quantitative estimate of drug-likeness (QED) is 0.454. The molecule has 2 heterocycles. The maximum Gasteiger partial charge on any atom is 0.232 e. The highest BCUT2D eigenvalue weighted by molar-refractivity contribution is 8.13. The van der Waals surface area contributed by atoms with Crippen LogP contribution in [-0.2, 0) is 26.9 Å². The Bertz CT molecular complexity index is 1090. The van der Waals surface area contributed by atoms with Gasteiger partial charge in [-0.1, -0.05) is 58.0 Å². The molecule has 1 aromatic carbocycles. The molecule has 34 heavy (non-hydrogen) atoms. The van der Waals surface area contributed by atoms with Gasteiger partial charge in [0.2, 0.25) is 15.0 Å². The van der Waals surface area contributed by atoms with Gasteiger partial charge in [0.05, 0.1) is 17.4 Å². The third-order valence-electron chi connectivity index (χ3n) is 5.74. The molecule has 1 amide bonds. The minimum Gasteiger partial charge on any atom is -0.359 e. The monoisotopic (exact) mass is 510 g/mol. The lowest BCUT2D eigenvalue weighted by molar-refractivity contribution is -0.127. The third-order valence-corrected chi connectivity index (χ3v) is 7.08. The van der Waals surface area contributed by atoms with Crippen molar-refractivity contribution in [2.75, 3.05) is 19.3 Å². The summed E-state index contributed by atoms with van der Waals surface area (Å²) in [4.78, 5) is 30.4. The smallest absolute Gasteiger partial charge is 0.232 e. The lowest BCUT2D eigenvalue weighted by Gasteiger charge is -2.28. The van der Waals surface area contributed by atoms with Crippen molar-refractivity contribution in [3.05, 3.63) is 41.7 Å². The first-order chi connectivity index (χ1) is 15.9. The zero-order valence-corrected chi connectivity index (χ0v) is 22.1. The summed E-state index contributed by atoms with van der Waals surface area (Å²) in [6.45, 7) is 9.81. The van der Waals surface area contributed by atoms with Crippen LogP contribution in [0.2, 0.25) is 0 Å². The normalized spacial score (nSPS) is 14.8. The molecule has 0 saturated heterocycles. The van der Waals surface area contributed by atoms with Crippen LogP contribution in [0.5, 0.6) is 0 Å². The molecule has 10 heteroatoms. The minimum atomic E-state index is -3.19. The van der Waals surface area contributed by atoms with E-state index in [1.54, 1.807) is 7.05 Å². The second-order valence-corrected chi connectivity index (χ2v) is 12.3. The highest BCUT2D eigenvalue weighted by Gasteiger charge is 2.35. The van der Waals surface area contributed by atoms with Crippen LogP contribution < -0.4 is 10.6 Å². The lowest BCUT2D eigenvalue weighted by Crippen LogP contribution is -2.37. The summed E-state index contributed by atoms with van der Waals surface area (Å²) in [6, 6.07) is 9.97. The molecule has 3 rings (SSSR count). The summed E-state index contributed by atoms with van der Waals surface area (Å²) < 4.78 is 21.7. The Morgan fingerprint density at radius 2 is 1.85 bits per heavy atom. The van der Waals surface area contributed by atoms with Crippen molar-refractivity contribution in [3.63, 3.8) is 0 Å². The van der Waals surface area contributed by atoms with Crippen LogP contribution in [0.3, 0.4) is 0 Å². The van der Waals surface area contributed by atoms with Gasteiger partial charge in [-0.3, -0.25) is 9.59 Å². The van der Waals surface area contributed by atoms with E-state index in [2.05, 4.69) is 25.9 Å². The molecule has 0 aliphatic carbocycles. The fourth-order valence-corrected chi connectivity index (χ4v) is 3.75. The van der Waals surface area contributed by atoms with E-state index >= 15 is 0 Å². The van der Waals surface area contributed by atoms with Crippen LogP contribution >= 0.6 is 10.7 Å². The molecule has 1 aliphatic rings. The molecule has 1 aromatic heterocycles. The predicted molar refractivity (Wildman–Crippen MR) is 135 cm³/mol. The van der Waals surface area contributed by atoms with Crippen LogP contribution in [-0.4, -0.2) is 49.0 Å². The number of imidazole rings is 1. The molecular weight excluding hydrogens is 476 g/mol. The van der Waals surface area contributed by atoms with Gasteiger partial charge in [0.15, 0.2) is 5.78 Å². The molecule has 0 bridgehead atoms. The van der Waals surface area contributed by atoms with Gasteiger partial charge in [-0.25, -0.2) is 13.4 Å². The fraction of sp³-hybridized carbons (Fsp3) is 0.542. The van der Waals surface area contributed by atoms with Crippen LogP contribution in [0.4, 0.5) is 0 Å². The first kappa shape index (κ1) is 28.0. The topological polar surface area (TPSA) is 110 Å². The average molecular weight is 511 g/mol. The van der Waals surface area contributed by atoms with Crippen LogP contribution in [0.25, 0.3) is 11.4 Å². The number of hydrogen-bond acceptors (Lipinski definition) is 6. The number of hydrogen-bond donors (Lipinski definition) is 2. The van der Waals surface area contributed by atoms with Crippen LogP contribution in [0.15, 0.2) is 30.3 Å². The van der Waals surface area contributed by atoms with E-state index < -0.39 is 15.0 Å². The Morgan fingerprint density at radius 3 is 2.38 bits per heavy atom. The molecule has 1 atom stereocenters. The average Bonchev–Trinajstić information content (AvgIpc) is 2.97. The molecule has 8 nitrogen and oxygen atoms in total. The molecule has 0 spiro atoms. The number of benzene rings is 1. The van der Waals surface area contributed by atoms with Crippen molar-refractivity contribution in [3.8, 4) is 11.4 Å². The van der Waals surface area contributed by atoms with Gasteiger partial charge in [-0.2, -0.15) is 0 Å². The van der Waals surface area contributed by atoms with E-state index in [0.29, 0.717) is 12.2 Å². The number of Topliss-reactive ketones (excluding diaryl/α,β-unsaturated/α-hetero) is 1. The molecule has 188 valence electrons. The van der Waals surface area contributed by atoms with Crippen LogP contribution in [0.1, 0.15) is 56.7 Å². The largest absolute Gasteiger partial charge is 0.359 e. The van der Waals surface area contributed by atoms with E-state index in [0.717, 1.165) is 36.6 Å². The summed E-state index contributed by atoms with van der Waals surface area (Å²) in [5.41, 5.74) is 2.10. The number of fused-ring (bicyclic) bond motifs is 1. The van der Waals surface area contributed by atoms with Gasteiger partial charge in [0.25, 0.3) is 0 Å². The molecule has 1 aliphatic heterocycles. The Morgan fingerprint density at radius 1 is 1.24 bits per heavy atom. The number of carbonyl (C=O) groups excluding carboxylic acids is 2. The lowest BCUT2D eigenvalue weighted by atomic mass is 9.77. The maximum atomic E-state index is 13.3. The van der Waals surface area contributed by atoms with Crippen molar-refractivity contribution >= 4 is 31.4 Å². The van der Waals surface area contributed by atoms with E-state index in [1.165, 1.54) is 6.92 Å². The van der Waals surface area contributed by atoms with Crippen molar-refractivity contribution in [2.24, 2.45) is 11.3 Å². The van der Waals surface area contributed by atoms with E-state index in [-0.39, 0.29) is 29.3 Å². The number of aromatic nitrogens is 2. The molecule has 0 radical (unpaired) electrons. The van der Waals surface area contributed by atoms with E-state index in [9.17, 15) is 18.0 Å². The second kappa shape index (κ2) is 12.0. The molecule has 2 N–H and O–H groups in total. The zero-order valence-electron chi connectivity index (χ0n) is 20.5. The summed E-state index contributed by atoms with van der Waals surface area (Å²) in [5.74, 6) is 0.260. The van der Waals surface area contributed by atoms with Crippen molar-refractivity contribution < 1.29 is 18.0 Å². The molecule has 0 saturated carbocycles. The van der Waals surface area contributed by atoms with E-state index in [1.807, 2.05) is 51.1 Å².